The lowest BCUT2D eigenvalue weighted by atomic mass is 10.0. The first-order chi connectivity index (χ1) is 19.7. The number of aromatic hydroxyl groups is 2. The van der Waals surface area contributed by atoms with Crippen LogP contribution in [0.15, 0.2) is 48.5 Å². The van der Waals surface area contributed by atoms with Crippen molar-refractivity contribution in [2.75, 3.05) is 0 Å². The van der Waals surface area contributed by atoms with Crippen LogP contribution in [0.1, 0.15) is 30.4 Å². The summed E-state index contributed by atoms with van der Waals surface area (Å²) in [5, 5.41) is 44.8. The summed E-state index contributed by atoms with van der Waals surface area (Å²) in [6.07, 6.45) is -1.60. The van der Waals surface area contributed by atoms with Crippen molar-refractivity contribution >= 4 is 35.6 Å². The Balaban J connectivity index is 2.24. The first-order valence-corrected chi connectivity index (χ1v) is 12.7. The van der Waals surface area contributed by atoms with Gasteiger partial charge in [-0.05, 0) is 41.8 Å². The summed E-state index contributed by atoms with van der Waals surface area (Å²) < 4.78 is 0. The smallest absolute Gasteiger partial charge is 0.326 e. The topological polar surface area (TPSA) is 271 Å². The molecule has 4 unspecified atom stereocenters. The zero-order chi connectivity index (χ0) is 31.4. The third kappa shape index (κ3) is 11.1. The summed E-state index contributed by atoms with van der Waals surface area (Å²) in [6.45, 7) is 0. The van der Waals surface area contributed by atoms with Crippen molar-refractivity contribution in [1.29, 1.82) is 0 Å². The fraction of sp³-hybridized carbons (Fsp3) is 0.333. The second-order valence-corrected chi connectivity index (χ2v) is 9.47. The summed E-state index contributed by atoms with van der Waals surface area (Å²) in [5.74, 6) is -6.63. The van der Waals surface area contributed by atoms with E-state index in [2.05, 4.69) is 16.0 Å². The van der Waals surface area contributed by atoms with Gasteiger partial charge in [0.25, 0.3) is 0 Å². The number of amides is 4. The normalized spacial score (nSPS) is 13.5. The summed E-state index contributed by atoms with van der Waals surface area (Å²) in [5.41, 5.74) is 11.8. The number of aliphatic carboxylic acids is 2. The molecule has 2 rings (SSSR count). The molecule has 0 radical (unpaired) electrons. The average Bonchev–Trinajstić information content (AvgIpc) is 2.92. The fourth-order valence-electron chi connectivity index (χ4n) is 3.78. The second-order valence-electron chi connectivity index (χ2n) is 9.47. The van der Waals surface area contributed by atoms with E-state index in [9.17, 15) is 49.2 Å². The van der Waals surface area contributed by atoms with Crippen molar-refractivity contribution in [3.63, 3.8) is 0 Å². The minimum Gasteiger partial charge on any atom is -0.508 e. The van der Waals surface area contributed by atoms with Crippen molar-refractivity contribution in [1.82, 2.24) is 16.0 Å². The maximum absolute atomic E-state index is 13.3. The third-order valence-corrected chi connectivity index (χ3v) is 6.05. The number of hydrogen-bond acceptors (Lipinski definition) is 9. The molecule has 2 aromatic rings. The number of carboxylic acids is 2. The van der Waals surface area contributed by atoms with Crippen LogP contribution in [0.3, 0.4) is 0 Å². The molecule has 15 heteroatoms. The zero-order valence-corrected chi connectivity index (χ0v) is 22.4. The monoisotopic (exact) mass is 587 g/mol. The van der Waals surface area contributed by atoms with Crippen LogP contribution in [-0.2, 0) is 41.6 Å². The van der Waals surface area contributed by atoms with Gasteiger partial charge in [-0.2, -0.15) is 0 Å². The van der Waals surface area contributed by atoms with E-state index < -0.39 is 66.2 Å². The molecule has 226 valence electrons. The van der Waals surface area contributed by atoms with Crippen molar-refractivity contribution < 1.29 is 49.2 Å². The molecular formula is C27H33N5O10. The fourth-order valence-corrected chi connectivity index (χ4v) is 3.78. The number of carboxylic acid groups (broad SMARTS) is 2. The Kier molecular flexibility index (Phi) is 12.2. The third-order valence-electron chi connectivity index (χ3n) is 6.05. The van der Waals surface area contributed by atoms with Gasteiger partial charge in [0.1, 0.15) is 29.6 Å². The van der Waals surface area contributed by atoms with Gasteiger partial charge in [0.05, 0.1) is 12.5 Å². The number of carbonyl (C=O) groups is 6. The highest BCUT2D eigenvalue weighted by molar-refractivity contribution is 5.95. The van der Waals surface area contributed by atoms with E-state index in [1.165, 1.54) is 48.5 Å². The van der Waals surface area contributed by atoms with Gasteiger partial charge in [0.2, 0.25) is 23.6 Å². The van der Waals surface area contributed by atoms with Crippen LogP contribution >= 0.6 is 0 Å². The van der Waals surface area contributed by atoms with Gasteiger partial charge in [-0.1, -0.05) is 24.3 Å². The predicted molar refractivity (Wildman–Crippen MR) is 146 cm³/mol. The number of carbonyl (C=O) groups excluding carboxylic acids is 4. The summed E-state index contributed by atoms with van der Waals surface area (Å²) in [7, 11) is 0. The van der Waals surface area contributed by atoms with Gasteiger partial charge in [-0.25, -0.2) is 4.79 Å². The SMILES string of the molecule is NC(=O)CCC(N)C(=O)NC(Cc1ccc(O)cc1)C(=O)NC(CC(=O)O)C(=O)NC(Cc1ccc(O)cc1)C(=O)O. The molecule has 4 atom stereocenters. The van der Waals surface area contributed by atoms with Crippen LogP contribution in [0.4, 0.5) is 0 Å². The van der Waals surface area contributed by atoms with Gasteiger partial charge >= 0.3 is 11.9 Å². The molecule has 0 aliphatic carbocycles. The van der Waals surface area contributed by atoms with E-state index in [4.69, 9.17) is 11.5 Å². The quantitative estimate of drug-likeness (QED) is 0.109. The molecule has 0 saturated carbocycles. The zero-order valence-electron chi connectivity index (χ0n) is 22.4. The Morgan fingerprint density at radius 3 is 1.55 bits per heavy atom. The molecule has 42 heavy (non-hydrogen) atoms. The number of benzene rings is 2. The maximum atomic E-state index is 13.3. The highest BCUT2D eigenvalue weighted by Gasteiger charge is 2.32. The van der Waals surface area contributed by atoms with E-state index >= 15 is 0 Å². The number of rotatable bonds is 16. The van der Waals surface area contributed by atoms with Crippen LogP contribution in [0, 0.1) is 0 Å². The van der Waals surface area contributed by atoms with E-state index in [0.717, 1.165) is 0 Å². The lowest BCUT2D eigenvalue weighted by Crippen LogP contribution is -2.58. The largest absolute Gasteiger partial charge is 0.508 e. The molecule has 2 aromatic carbocycles. The molecule has 0 aliphatic rings. The Bertz CT molecular complexity index is 1280. The molecule has 4 amide bonds. The minimum atomic E-state index is -1.74. The minimum absolute atomic E-state index is 0.0540. The molecule has 0 heterocycles. The van der Waals surface area contributed by atoms with Crippen LogP contribution in [0.25, 0.3) is 0 Å². The molecule has 0 aromatic heterocycles. The van der Waals surface area contributed by atoms with Gasteiger partial charge in [0.15, 0.2) is 0 Å². The van der Waals surface area contributed by atoms with Gasteiger partial charge in [-0.15, -0.1) is 0 Å². The number of nitrogens with two attached hydrogens (primary N) is 2. The maximum Gasteiger partial charge on any atom is 0.326 e. The second kappa shape index (κ2) is 15.6. The van der Waals surface area contributed by atoms with Crippen molar-refractivity contribution in [3.05, 3.63) is 59.7 Å². The van der Waals surface area contributed by atoms with Crippen LogP contribution in [0.2, 0.25) is 0 Å². The number of primary amides is 1. The van der Waals surface area contributed by atoms with Crippen LogP contribution < -0.4 is 27.4 Å². The lowest BCUT2D eigenvalue weighted by Gasteiger charge is -2.25. The highest BCUT2D eigenvalue weighted by atomic mass is 16.4. The van der Waals surface area contributed by atoms with Crippen molar-refractivity contribution in [2.24, 2.45) is 11.5 Å². The molecular weight excluding hydrogens is 554 g/mol. The van der Waals surface area contributed by atoms with Gasteiger partial charge in [-0.3, -0.25) is 24.0 Å². The first kappa shape index (κ1) is 33.0. The Morgan fingerprint density at radius 2 is 1.10 bits per heavy atom. The highest BCUT2D eigenvalue weighted by Crippen LogP contribution is 2.13. The number of hydrogen-bond donors (Lipinski definition) is 9. The molecule has 0 saturated heterocycles. The van der Waals surface area contributed by atoms with E-state index in [-0.39, 0.29) is 37.2 Å². The Hall–Kier alpha value is -5.18. The lowest BCUT2D eigenvalue weighted by molar-refractivity contribution is -0.143. The Labute approximate surface area is 239 Å². The molecule has 0 aliphatic heterocycles. The number of phenolic OH excluding ortho intramolecular Hbond substituents is 2. The van der Waals surface area contributed by atoms with Gasteiger partial charge in [0, 0.05) is 19.3 Å². The number of phenols is 2. The molecule has 0 fully saturated rings. The first-order valence-electron chi connectivity index (χ1n) is 12.7. The molecule has 0 bridgehead atoms. The molecule has 11 N–H and O–H groups in total. The Morgan fingerprint density at radius 1 is 0.667 bits per heavy atom. The molecule has 15 nitrogen and oxygen atoms in total. The van der Waals surface area contributed by atoms with E-state index in [0.29, 0.717) is 11.1 Å². The summed E-state index contributed by atoms with van der Waals surface area (Å²) in [4.78, 5) is 73.3. The average molecular weight is 588 g/mol. The van der Waals surface area contributed by atoms with E-state index in [1.54, 1.807) is 0 Å². The van der Waals surface area contributed by atoms with Crippen molar-refractivity contribution in [2.45, 2.75) is 56.3 Å². The number of nitrogens with one attached hydrogen (secondary N) is 3. The van der Waals surface area contributed by atoms with Crippen LogP contribution in [-0.4, -0.2) is 80.2 Å². The van der Waals surface area contributed by atoms with Crippen molar-refractivity contribution in [3.8, 4) is 11.5 Å². The summed E-state index contributed by atoms with van der Waals surface area (Å²) in [6, 6.07) is 5.30. The molecule has 0 spiro atoms. The predicted octanol–water partition coefficient (Wildman–Crippen LogP) is -1.51. The van der Waals surface area contributed by atoms with Gasteiger partial charge < -0.3 is 47.8 Å². The summed E-state index contributed by atoms with van der Waals surface area (Å²) >= 11 is 0. The van der Waals surface area contributed by atoms with Crippen LogP contribution in [0.5, 0.6) is 11.5 Å². The van der Waals surface area contributed by atoms with E-state index in [1.807, 2.05) is 0 Å². The standard InChI is InChI=1S/C27H33N5O10/c28-18(9-10-22(29)35)24(38)30-19(11-14-1-5-16(33)6-2-14)25(39)31-20(13-23(36)37)26(40)32-21(27(41)42)12-15-3-7-17(34)8-4-15/h1-8,18-21,33-34H,9-13,28H2,(H2,29,35)(H,30,38)(H,31,39)(H,32,40)(H,36,37)(H,41,42).